The summed E-state index contributed by atoms with van der Waals surface area (Å²) in [5.41, 5.74) is 2.12. The summed E-state index contributed by atoms with van der Waals surface area (Å²) in [4.78, 5) is 49.1. The Morgan fingerprint density at radius 1 is 1.06 bits per heavy atom. The Kier molecular flexibility index (Phi) is 12.7. The first-order valence-corrected chi connectivity index (χ1v) is 17.1. The highest BCUT2D eigenvalue weighted by Crippen LogP contribution is 2.33. The molecule has 47 heavy (non-hydrogen) atoms. The van der Waals surface area contributed by atoms with Gasteiger partial charge in [0.25, 0.3) is 10.6 Å². The molecule has 0 aliphatic carbocycles. The number of carbonyl (C=O) groups is 1. The molecular weight excluding hydrogens is 636 g/mol. The summed E-state index contributed by atoms with van der Waals surface area (Å²) < 4.78 is 46.9. The fraction of sp³-hybridized carbons (Fsp3) is 0.567. The van der Waals surface area contributed by atoms with E-state index in [2.05, 4.69) is 16.7 Å². The van der Waals surface area contributed by atoms with Gasteiger partial charge in [-0.15, -0.1) is 10.1 Å². The molecule has 0 bridgehead atoms. The number of aromatic nitrogens is 3. The molecule has 0 saturated carbocycles. The Balaban J connectivity index is 1.45. The van der Waals surface area contributed by atoms with Gasteiger partial charge in [-0.1, -0.05) is 20.3 Å². The van der Waals surface area contributed by atoms with Crippen molar-refractivity contribution < 1.29 is 37.3 Å². The quantitative estimate of drug-likeness (QED) is 0.0896. The van der Waals surface area contributed by atoms with Crippen molar-refractivity contribution in [2.75, 3.05) is 65.8 Å². The van der Waals surface area contributed by atoms with Gasteiger partial charge in [-0.25, -0.2) is 18.2 Å². The highest BCUT2D eigenvalue weighted by atomic mass is 32.2. The first-order valence-electron chi connectivity index (χ1n) is 15.7. The third kappa shape index (κ3) is 9.06. The summed E-state index contributed by atoms with van der Waals surface area (Å²) in [6.07, 6.45) is 4.32. The summed E-state index contributed by atoms with van der Waals surface area (Å²) in [5, 5.41) is 9.16. The van der Waals surface area contributed by atoms with E-state index in [1.807, 2.05) is 29.5 Å². The number of aromatic amines is 1. The van der Waals surface area contributed by atoms with Crippen LogP contribution >= 0.6 is 0 Å². The zero-order chi connectivity index (χ0) is 34.0. The number of sulfonamides is 1. The average molecular weight is 679 g/mol. The van der Waals surface area contributed by atoms with E-state index in [0.717, 1.165) is 24.8 Å². The van der Waals surface area contributed by atoms with Crippen molar-refractivity contribution in [2.45, 2.75) is 51.5 Å². The SMILES string of the molecule is CCCOc1ccc(S(=O)(=O)N2CCN(CCOC(=O)COCCO[N+](=O)[O-])CC2)cc1-c1nc2c(CCC)cn(CC)c2c(=O)[nH]1. The van der Waals surface area contributed by atoms with Crippen molar-refractivity contribution in [3.8, 4) is 17.1 Å². The van der Waals surface area contributed by atoms with Crippen molar-refractivity contribution in [1.82, 2.24) is 23.7 Å². The summed E-state index contributed by atoms with van der Waals surface area (Å²) >= 11 is 0. The molecule has 1 aliphatic heterocycles. The van der Waals surface area contributed by atoms with Crippen LogP contribution in [0.3, 0.4) is 0 Å². The van der Waals surface area contributed by atoms with Gasteiger partial charge in [-0.2, -0.15) is 4.31 Å². The molecule has 16 nitrogen and oxygen atoms in total. The lowest BCUT2D eigenvalue weighted by Gasteiger charge is -2.33. The molecule has 4 rings (SSSR count). The van der Waals surface area contributed by atoms with Crippen LogP contribution in [0.1, 0.15) is 39.2 Å². The molecule has 1 fully saturated rings. The molecule has 0 amide bonds. The van der Waals surface area contributed by atoms with E-state index in [1.165, 1.54) is 16.4 Å². The number of hydrogen-bond donors (Lipinski definition) is 1. The predicted octanol–water partition coefficient (Wildman–Crippen LogP) is 2.23. The second-order valence-corrected chi connectivity index (χ2v) is 12.8. The molecule has 1 aromatic carbocycles. The summed E-state index contributed by atoms with van der Waals surface area (Å²) in [7, 11) is -3.90. The monoisotopic (exact) mass is 678 g/mol. The first kappa shape index (κ1) is 35.8. The minimum atomic E-state index is -3.90. The lowest BCUT2D eigenvalue weighted by molar-refractivity contribution is -0.758. The van der Waals surface area contributed by atoms with Gasteiger partial charge in [0.15, 0.2) is 0 Å². The molecule has 0 radical (unpaired) electrons. The number of benzene rings is 1. The fourth-order valence-electron chi connectivity index (χ4n) is 5.29. The molecule has 1 aliphatic rings. The second kappa shape index (κ2) is 16.7. The van der Waals surface area contributed by atoms with Gasteiger partial charge in [0, 0.05) is 45.5 Å². The van der Waals surface area contributed by atoms with E-state index in [4.69, 9.17) is 19.2 Å². The van der Waals surface area contributed by atoms with E-state index in [9.17, 15) is 28.1 Å². The number of piperazine rings is 1. The standard InChI is InChI=1S/C30H42N6O10S/c1-4-7-22-20-34(6-3)28-27(22)31-29(32-30(28)38)24-19-23(8-9-25(24)44-15-5-2)47(41,42)35-12-10-33(11-13-35)14-16-45-26(37)21-43-17-18-46-36(39)40/h8-9,19-20H,4-7,10-18,21H2,1-3H3,(H,31,32,38). The van der Waals surface area contributed by atoms with Gasteiger partial charge in [-0.05, 0) is 43.5 Å². The van der Waals surface area contributed by atoms with Gasteiger partial charge in [-0.3, -0.25) is 9.69 Å². The number of rotatable bonds is 18. The van der Waals surface area contributed by atoms with Gasteiger partial charge < -0.3 is 28.6 Å². The molecule has 258 valence electrons. The van der Waals surface area contributed by atoms with Crippen LogP contribution in [0.2, 0.25) is 0 Å². The van der Waals surface area contributed by atoms with Crippen LogP contribution in [-0.4, -0.2) is 109 Å². The average Bonchev–Trinajstić information content (AvgIpc) is 3.41. The molecule has 1 saturated heterocycles. The van der Waals surface area contributed by atoms with Crippen molar-refractivity contribution in [2.24, 2.45) is 0 Å². The van der Waals surface area contributed by atoms with Crippen molar-refractivity contribution in [1.29, 1.82) is 0 Å². The van der Waals surface area contributed by atoms with Crippen LogP contribution in [0.15, 0.2) is 34.1 Å². The Hall–Kier alpha value is -4.06. The van der Waals surface area contributed by atoms with Crippen molar-refractivity contribution in [3.63, 3.8) is 0 Å². The van der Waals surface area contributed by atoms with E-state index < -0.39 is 21.1 Å². The molecule has 2 aromatic heterocycles. The number of esters is 1. The maximum absolute atomic E-state index is 13.8. The van der Waals surface area contributed by atoms with Gasteiger partial charge in [0.1, 0.15) is 36.9 Å². The van der Waals surface area contributed by atoms with Crippen LogP contribution in [0, 0.1) is 10.1 Å². The summed E-state index contributed by atoms with van der Waals surface area (Å²) in [5.74, 6) is 0.0513. The lowest BCUT2D eigenvalue weighted by Crippen LogP contribution is -2.49. The minimum Gasteiger partial charge on any atom is -0.493 e. The number of nitrogens with zero attached hydrogens (tertiary/aromatic N) is 5. The number of ether oxygens (including phenoxy) is 3. The third-order valence-corrected chi connectivity index (χ3v) is 9.50. The van der Waals surface area contributed by atoms with E-state index in [1.54, 1.807) is 6.07 Å². The molecule has 0 unspecified atom stereocenters. The van der Waals surface area contributed by atoms with Gasteiger partial charge in [0.05, 0.1) is 29.2 Å². The third-order valence-electron chi connectivity index (χ3n) is 7.61. The zero-order valence-electron chi connectivity index (χ0n) is 26.9. The highest BCUT2D eigenvalue weighted by Gasteiger charge is 2.30. The minimum absolute atomic E-state index is 0.0602. The van der Waals surface area contributed by atoms with Gasteiger partial charge in [0.2, 0.25) is 10.0 Å². The Morgan fingerprint density at radius 2 is 1.83 bits per heavy atom. The number of fused-ring (bicyclic) bond motifs is 1. The fourth-order valence-corrected chi connectivity index (χ4v) is 6.74. The Labute approximate surface area is 272 Å². The van der Waals surface area contributed by atoms with E-state index in [0.29, 0.717) is 55.1 Å². The van der Waals surface area contributed by atoms with Crippen LogP contribution in [-0.2, 0) is 42.1 Å². The normalized spacial score (nSPS) is 14.4. The van der Waals surface area contributed by atoms with Crippen molar-refractivity contribution >= 4 is 27.0 Å². The van der Waals surface area contributed by atoms with Crippen molar-refractivity contribution in [3.05, 3.63) is 50.4 Å². The smallest absolute Gasteiger partial charge is 0.332 e. The summed E-state index contributed by atoms with van der Waals surface area (Å²) in [6.45, 7) is 8.03. The molecule has 0 spiro atoms. The molecule has 17 heteroatoms. The number of hydrogen-bond acceptors (Lipinski definition) is 12. The van der Waals surface area contributed by atoms with Crippen LogP contribution in [0.4, 0.5) is 0 Å². The summed E-state index contributed by atoms with van der Waals surface area (Å²) in [6, 6.07) is 4.63. The topological polar surface area (TPSA) is 188 Å². The highest BCUT2D eigenvalue weighted by molar-refractivity contribution is 7.89. The second-order valence-electron chi connectivity index (χ2n) is 10.9. The van der Waals surface area contributed by atoms with Crippen LogP contribution in [0.5, 0.6) is 5.75 Å². The largest absolute Gasteiger partial charge is 0.493 e. The molecule has 3 heterocycles. The first-order chi connectivity index (χ1) is 22.6. The molecular formula is C30H42N6O10S. The Bertz CT molecular complexity index is 1700. The maximum Gasteiger partial charge on any atom is 0.332 e. The number of nitrogens with one attached hydrogen (secondary N) is 1. The van der Waals surface area contributed by atoms with E-state index in [-0.39, 0.29) is 55.8 Å². The van der Waals surface area contributed by atoms with E-state index >= 15 is 0 Å². The Morgan fingerprint density at radius 3 is 2.51 bits per heavy atom. The maximum atomic E-state index is 13.8. The van der Waals surface area contributed by atoms with Crippen LogP contribution < -0.4 is 10.3 Å². The van der Waals surface area contributed by atoms with Crippen LogP contribution in [0.25, 0.3) is 22.4 Å². The number of H-pyrrole nitrogens is 1. The lowest BCUT2D eigenvalue weighted by atomic mass is 10.1. The molecule has 0 atom stereocenters. The molecule has 3 aromatic rings. The zero-order valence-corrected chi connectivity index (χ0v) is 27.8. The predicted molar refractivity (Wildman–Crippen MR) is 171 cm³/mol. The van der Waals surface area contributed by atoms with Gasteiger partial charge >= 0.3 is 5.97 Å². The number of aryl methyl sites for hydroxylation is 2. The number of carbonyl (C=O) groups excluding carboxylic acids is 1. The molecule has 1 N–H and O–H groups in total.